The highest BCUT2D eigenvalue weighted by molar-refractivity contribution is 5.78. The van der Waals surface area contributed by atoms with Crippen LogP contribution in [0, 0.1) is 0 Å². The van der Waals surface area contributed by atoms with Crippen LogP contribution in [0.5, 0.6) is 0 Å². The van der Waals surface area contributed by atoms with Crippen molar-refractivity contribution in [2.24, 2.45) is 0 Å². The second-order valence-electron chi connectivity index (χ2n) is 2.37. The molecular formula is C5H8N2O2. The van der Waals surface area contributed by atoms with E-state index in [2.05, 4.69) is 10.9 Å². The summed E-state index contributed by atoms with van der Waals surface area (Å²) in [6, 6.07) is -0.0938. The maximum atomic E-state index is 10.7. The van der Waals surface area contributed by atoms with Gasteiger partial charge in [-0.2, -0.15) is 0 Å². The predicted molar refractivity (Wildman–Crippen MR) is 29.4 cm³/mol. The molecule has 4 heteroatoms. The van der Waals surface area contributed by atoms with Crippen LogP contribution in [0.4, 0.5) is 0 Å². The maximum absolute atomic E-state index is 10.7. The normalized spacial score (nSPS) is 40.7. The van der Waals surface area contributed by atoms with Crippen LogP contribution in [0.25, 0.3) is 0 Å². The number of hydrogen-bond donors (Lipinski definition) is 2. The maximum Gasteiger partial charge on any atom is 0.324 e. The third-order valence-electron chi connectivity index (χ3n) is 1.67. The second kappa shape index (κ2) is 1.68. The standard InChI is InChI=1S/C5H8N2O2/c8-5-4-1-3(9-5)2-6-7-4/h3-4,6-7H,1-2H2/t3-,4-/m1/s1. The summed E-state index contributed by atoms with van der Waals surface area (Å²) < 4.78 is 4.92. The highest BCUT2D eigenvalue weighted by Crippen LogP contribution is 2.15. The molecule has 0 aromatic rings. The molecule has 2 aliphatic rings. The Balaban J connectivity index is 2.15. The number of hydrazine groups is 1. The first-order valence-corrected chi connectivity index (χ1v) is 3.05. The zero-order valence-corrected chi connectivity index (χ0v) is 4.89. The summed E-state index contributed by atoms with van der Waals surface area (Å²) in [7, 11) is 0. The van der Waals surface area contributed by atoms with Gasteiger partial charge in [-0.25, -0.2) is 5.43 Å². The first kappa shape index (κ1) is 5.20. The third kappa shape index (κ3) is 0.710. The van der Waals surface area contributed by atoms with Crippen LogP contribution in [0.2, 0.25) is 0 Å². The SMILES string of the molecule is O=C1O[C@H]2CNN[C@@H]1C2. The molecule has 0 aromatic carbocycles. The van der Waals surface area contributed by atoms with Gasteiger partial charge in [-0.3, -0.25) is 10.2 Å². The van der Waals surface area contributed by atoms with Crippen molar-refractivity contribution in [3.05, 3.63) is 0 Å². The molecule has 0 amide bonds. The molecule has 2 aliphatic heterocycles. The number of carbonyl (C=O) groups excluding carboxylic acids is 1. The molecule has 0 aliphatic carbocycles. The van der Waals surface area contributed by atoms with E-state index in [0.717, 1.165) is 13.0 Å². The summed E-state index contributed by atoms with van der Waals surface area (Å²) in [5.41, 5.74) is 5.72. The molecule has 2 N–H and O–H groups in total. The predicted octanol–water partition coefficient (Wildman–Crippen LogP) is -1.22. The molecule has 2 fully saturated rings. The van der Waals surface area contributed by atoms with Gasteiger partial charge in [0.2, 0.25) is 0 Å². The topological polar surface area (TPSA) is 50.4 Å². The van der Waals surface area contributed by atoms with Crippen LogP contribution in [0.3, 0.4) is 0 Å². The molecule has 0 unspecified atom stereocenters. The minimum Gasteiger partial charge on any atom is -0.460 e. The Hall–Kier alpha value is -0.610. The van der Waals surface area contributed by atoms with Gasteiger partial charge in [-0.15, -0.1) is 0 Å². The van der Waals surface area contributed by atoms with Gasteiger partial charge >= 0.3 is 5.97 Å². The van der Waals surface area contributed by atoms with Crippen molar-refractivity contribution in [2.45, 2.75) is 18.6 Å². The summed E-state index contributed by atoms with van der Waals surface area (Å²) in [5.74, 6) is -0.120. The van der Waals surface area contributed by atoms with E-state index in [4.69, 9.17) is 4.74 Å². The first-order chi connectivity index (χ1) is 4.36. The van der Waals surface area contributed by atoms with Gasteiger partial charge in [0.25, 0.3) is 0 Å². The molecule has 2 rings (SSSR count). The Labute approximate surface area is 52.5 Å². The van der Waals surface area contributed by atoms with E-state index in [-0.39, 0.29) is 18.1 Å². The van der Waals surface area contributed by atoms with Crippen molar-refractivity contribution >= 4 is 5.97 Å². The van der Waals surface area contributed by atoms with Crippen LogP contribution in [0.15, 0.2) is 0 Å². The van der Waals surface area contributed by atoms with Gasteiger partial charge < -0.3 is 4.74 Å². The molecule has 0 spiro atoms. The average molecular weight is 128 g/mol. The van der Waals surface area contributed by atoms with Crippen LogP contribution in [0.1, 0.15) is 6.42 Å². The fraction of sp³-hybridized carbons (Fsp3) is 0.800. The minimum atomic E-state index is -0.120. The highest BCUT2D eigenvalue weighted by Gasteiger charge is 2.37. The Morgan fingerprint density at radius 2 is 2.56 bits per heavy atom. The lowest BCUT2D eigenvalue weighted by Crippen LogP contribution is -2.48. The number of nitrogens with one attached hydrogen (secondary N) is 2. The molecule has 2 saturated heterocycles. The van der Waals surface area contributed by atoms with Crippen molar-refractivity contribution in [3.63, 3.8) is 0 Å². The summed E-state index contributed by atoms with van der Waals surface area (Å²) in [6.45, 7) is 0.738. The molecule has 2 heterocycles. The van der Waals surface area contributed by atoms with Crippen molar-refractivity contribution < 1.29 is 9.53 Å². The van der Waals surface area contributed by atoms with Crippen LogP contribution in [-0.4, -0.2) is 24.7 Å². The number of hydrogen-bond acceptors (Lipinski definition) is 4. The smallest absolute Gasteiger partial charge is 0.324 e. The Morgan fingerprint density at radius 1 is 1.67 bits per heavy atom. The van der Waals surface area contributed by atoms with E-state index in [9.17, 15) is 4.79 Å². The van der Waals surface area contributed by atoms with Gasteiger partial charge in [-0.1, -0.05) is 0 Å². The average Bonchev–Trinajstić information content (AvgIpc) is 2.09. The van der Waals surface area contributed by atoms with Gasteiger partial charge in [0.1, 0.15) is 12.1 Å². The van der Waals surface area contributed by atoms with Gasteiger partial charge in [0.05, 0.1) is 0 Å². The molecule has 4 nitrogen and oxygen atoms in total. The van der Waals surface area contributed by atoms with E-state index in [1.54, 1.807) is 0 Å². The fourth-order valence-corrected chi connectivity index (χ4v) is 1.19. The third-order valence-corrected chi connectivity index (χ3v) is 1.67. The van der Waals surface area contributed by atoms with Crippen LogP contribution < -0.4 is 10.9 Å². The summed E-state index contributed by atoms with van der Waals surface area (Å²) in [6.07, 6.45) is 0.940. The minimum absolute atomic E-state index is 0.0938. The zero-order chi connectivity index (χ0) is 6.27. The summed E-state index contributed by atoms with van der Waals surface area (Å²) in [4.78, 5) is 10.7. The molecule has 0 saturated carbocycles. The molecule has 2 atom stereocenters. The molecule has 50 valence electrons. The Bertz CT molecular complexity index is 148. The first-order valence-electron chi connectivity index (χ1n) is 3.05. The van der Waals surface area contributed by atoms with Gasteiger partial charge in [0.15, 0.2) is 0 Å². The Kier molecular flexibility index (Phi) is 0.972. The zero-order valence-electron chi connectivity index (χ0n) is 4.89. The molecular weight excluding hydrogens is 120 g/mol. The molecule has 0 radical (unpaired) electrons. The van der Waals surface area contributed by atoms with E-state index in [1.807, 2.05) is 0 Å². The molecule has 9 heavy (non-hydrogen) atoms. The number of fused-ring (bicyclic) bond motifs is 2. The van der Waals surface area contributed by atoms with Gasteiger partial charge in [0, 0.05) is 13.0 Å². The number of esters is 1. The second-order valence-corrected chi connectivity index (χ2v) is 2.37. The van der Waals surface area contributed by atoms with Crippen LogP contribution in [-0.2, 0) is 9.53 Å². The largest absolute Gasteiger partial charge is 0.460 e. The van der Waals surface area contributed by atoms with Crippen LogP contribution >= 0.6 is 0 Å². The summed E-state index contributed by atoms with van der Waals surface area (Å²) >= 11 is 0. The monoisotopic (exact) mass is 128 g/mol. The van der Waals surface area contributed by atoms with Crippen molar-refractivity contribution in [1.29, 1.82) is 0 Å². The molecule has 0 aromatic heterocycles. The fourth-order valence-electron chi connectivity index (χ4n) is 1.19. The highest BCUT2D eigenvalue weighted by atomic mass is 16.6. The van der Waals surface area contributed by atoms with Gasteiger partial charge in [-0.05, 0) is 0 Å². The Morgan fingerprint density at radius 3 is 3.22 bits per heavy atom. The quantitative estimate of drug-likeness (QED) is 0.401. The lowest BCUT2D eigenvalue weighted by molar-refractivity contribution is -0.141. The van der Waals surface area contributed by atoms with E-state index in [0.29, 0.717) is 0 Å². The van der Waals surface area contributed by atoms with Crippen molar-refractivity contribution in [3.8, 4) is 0 Å². The van der Waals surface area contributed by atoms with Crippen molar-refractivity contribution in [1.82, 2.24) is 10.9 Å². The molecule has 2 bridgehead atoms. The number of ether oxygens (including phenoxy) is 1. The van der Waals surface area contributed by atoms with E-state index in [1.165, 1.54) is 0 Å². The summed E-state index contributed by atoms with van der Waals surface area (Å²) in [5, 5.41) is 0. The van der Waals surface area contributed by atoms with E-state index < -0.39 is 0 Å². The number of carbonyl (C=O) groups is 1. The van der Waals surface area contributed by atoms with Crippen molar-refractivity contribution in [2.75, 3.05) is 6.54 Å². The van der Waals surface area contributed by atoms with E-state index >= 15 is 0 Å². The lowest BCUT2D eigenvalue weighted by Gasteiger charge is -2.15. The lowest BCUT2D eigenvalue weighted by atomic mass is 10.1. The number of rotatable bonds is 0.